The number of halogens is 1. The van der Waals surface area contributed by atoms with Crippen LogP contribution in [-0.2, 0) is 0 Å². The third-order valence-corrected chi connectivity index (χ3v) is 5.89. The maximum absolute atomic E-state index is 5.52. The highest BCUT2D eigenvalue weighted by Crippen LogP contribution is 2.37. The maximum atomic E-state index is 5.52. The lowest BCUT2D eigenvalue weighted by Crippen LogP contribution is -1.91. The Morgan fingerprint density at radius 3 is 2.22 bits per heavy atom. The zero-order valence-corrected chi connectivity index (χ0v) is 18.0. The van der Waals surface area contributed by atoms with Gasteiger partial charge >= 0.3 is 0 Å². The van der Waals surface area contributed by atoms with Gasteiger partial charge in [0, 0.05) is 9.37 Å². The van der Waals surface area contributed by atoms with Crippen molar-refractivity contribution >= 4 is 33.8 Å². The van der Waals surface area contributed by atoms with Crippen LogP contribution >= 0.6 is 27.7 Å². The van der Waals surface area contributed by atoms with E-state index in [1.165, 1.54) is 21.6 Å². The Morgan fingerprint density at radius 1 is 0.926 bits per heavy atom. The van der Waals surface area contributed by atoms with Crippen molar-refractivity contribution in [2.24, 2.45) is 0 Å². The molecule has 0 heterocycles. The van der Waals surface area contributed by atoms with E-state index in [2.05, 4.69) is 95.7 Å². The third kappa shape index (κ3) is 6.02. The highest BCUT2D eigenvalue weighted by atomic mass is 79.9. The zero-order chi connectivity index (χ0) is 19.1. The Labute approximate surface area is 174 Å². The van der Waals surface area contributed by atoms with Crippen LogP contribution in [0.4, 0.5) is 0 Å². The first-order valence-corrected chi connectivity index (χ1v) is 10.7. The number of hydrogen-bond donors (Lipinski definition) is 0. The molecule has 3 aromatic rings. The molecule has 0 aromatic heterocycles. The molecule has 0 amide bonds. The summed E-state index contributed by atoms with van der Waals surface area (Å²) in [5.41, 5.74) is 3.74. The molecule has 1 unspecified atom stereocenters. The maximum Gasteiger partial charge on any atom is 0.119 e. The van der Waals surface area contributed by atoms with Crippen molar-refractivity contribution in [3.63, 3.8) is 0 Å². The van der Waals surface area contributed by atoms with Crippen molar-refractivity contribution < 1.29 is 4.74 Å². The Bertz CT molecular complexity index is 868. The van der Waals surface area contributed by atoms with Crippen LogP contribution in [0.15, 0.2) is 88.2 Å². The van der Waals surface area contributed by atoms with Gasteiger partial charge in [-0.2, -0.15) is 0 Å². The molecule has 138 valence electrons. The standard InChI is InChI=1S/C24H23BrOS/c1-3-26-22-13-6-19(7-14-22)8-17-24(20-9-11-21(25)12-10-20)27-23-15-4-18(2)5-16-23/h4-17,24H,3H2,1-2H3. The smallest absolute Gasteiger partial charge is 0.119 e. The van der Waals surface area contributed by atoms with Crippen LogP contribution < -0.4 is 4.74 Å². The molecule has 3 rings (SSSR count). The van der Waals surface area contributed by atoms with Crippen LogP contribution in [0.2, 0.25) is 0 Å². The van der Waals surface area contributed by atoms with Gasteiger partial charge in [0.15, 0.2) is 0 Å². The second kappa shape index (κ2) is 9.82. The number of rotatable bonds is 7. The van der Waals surface area contributed by atoms with Gasteiger partial charge in [-0.1, -0.05) is 70.0 Å². The monoisotopic (exact) mass is 438 g/mol. The second-order valence-corrected chi connectivity index (χ2v) is 8.39. The molecule has 0 N–H and O–H groups in total. The molecule has 0 aliphatic rings. The lowest BCUT2D eigenvalue weighted by molar-refractivity contribution is 0.340. The average molecular weight is 439 g/mol. The van der Waals surface area contributed by atoms with Crippen LogP contribution in [-0.4, -0.2) is 6.61 Å². The minimum absolute atomic E-state index is 0.243. The van der Waals surface area contributed by atoms with E-state index >= 15 is 0 Å². The summed E-state index contributed by atoms with van der Waals surface area (Å²) in [6.07, 6.45) is 4.45. The molecule has 27 heavy (non-hydrogen) atoms. The molecule has 0 saturated carbocycles. The van der Waals surface area contributed by atoms with Gasteiger partial charge in [0.25, 0.3) is 0 Å². The first kappa shape index (κ1) is 19.8. The quantitative estimate of drug-likeness (QED) is 0.349. The molecule has 0 spiro atoms. The van der Waals surface area contributed by atoms with Gasteiger partial charge in [0.05, 0.1) is 11.9 Å². The largest absolute Gasteiger partial charge is 0.494 e. The first-order chi connectivity index (χ1) is 13.1. The number of benzene rings is 3. The fourth-order valence-electron chi connectivity index (χ4n) is 2.67. The van der Waals surface area contributed by atoms with Crippen LogP contribution in [0.5, 0.6) is 5.75 Å². The molecule has 0 saturated heterocycles. The van der Waals surface area contributed by atoms with Gasteiger partial charge < -0.3 is 4.74 Å². The summed E-state index contributed by atoms with van der Waals surface area (Å²) in [6.45, 7) is 4.80. The molecule has 0 aliphatic carbocycles. The van der Waals surface area contributed by atoms with E-state index in [1.54, 1.807) is 0 Å². The average Bonchev–Trinajstić information content (AvgIpc) is 2.69. The molecule has 0 bridgehead atoms. The summed E-state index contributed by atoms with van der Waals surface area (Å²) in [5.74, 6) is 0.910. The summed E-state index contributed by atoms with van der Waals surface area (Å²) < 4.78 is 6.62. The second-order valence-electron chi connectivity index (χ2n) is 6.26. The predicted octanol–water partition coefficient (Wildman–Crippen LogP) is 7.70. The summed E-state index contributed by atoms with van der Waals surface area (Å²) in [4.78, 5) is 1.27. The molecule has 3 aromatic carbocycles. The summed E-state index contributed by atoms with van der Waals surface area (Å²) in [6, 6.07) is 25.5. The molecular formula is C24H23BrOS. The molecule has 1 nitrogen and oxygen atoms in total. The van der Waals surface area contributed by atoms with Crippen LogP contribution in [0.1, 0.15) is 28.9 Å². The molecule has 1 atom stereocenters. The predicted molar refractivity (Wildman–Crippen MR) is 121 cm³/mol. The fourth-order valence-corrected chi connectivity index (χ4v) is 3.98. The van der Waals surface area contributed by atoms with Crippen LogP contribution in [0.25, 0.3) is 6.08 Å². The Kier molecular flexibility index (Phi) is 7.19. The minimum Gasteiger partial charge on any atom is -0.494 e. The van der Waals surface area contributed by atoms with Gasteiger partial charge in [0.2, 0.25) is 0 Å². The van der Waals surface area contributed by atoms with Crippen LogP contribution in [0, 0.1) is 6.92 Å². The summed E-state index contributed by atoms with van der Waals surface area (Å²) in [7, 11) is 0. The van der Waals surface area contributed by atoms with Gasteiger partial charge in [-0.25, -0.2) is 0 Å². The summed E-state index contributed by atoms with van der Waals surface area (Å²) in [5, 5.41) is 0.243. The number of hydrogen-bond acceptors (Lipinski definition) is 2. The molecule has 0 fully saturated rings. The summed E-state index contributed by atoms with van der Waals surface area (Å²) >= 11 is 5.39. The fraction of sp³-hybridized carbons (Fsp3) is 0.167. The van der Waals surface area contributed by atoms with Gasteiger partial charge in [-0.05, 0) is 61.4 Å². The number of ether oxygens (including phenoxy) is 1. The lowest BCUT2D eigenvalue weighted by Gasteiger charge is -2.14. The van der Waals surface area contributed by atoms with E-state index in [9.17, 15) is 0 Å². The highest BCUT2D eigenvalue weighted by molar-refractivity contribution is 9.10. The molecular weight excluding hydrogens is 416 g/mol. The van der Waals surface area contributed by atoms with E-state index in [0.29, 0.717) is 6.61 Å². The van der Waals surface area contributed by atoms with Crippen molar-refractivity contribution in [1.82, 2.24) is 0 Å². The van der Waals surface area contributed by atoms with Crippen molar-refractivity contribution in [3.05, 3.63) is 100 Å². The molecule has 3 heteroatoms. The SMILES string of the molecule is CCOc1ccc(C=CC(Sc2ccc(C)cc2)c2ccc(Br)cc2)cc1. The van der Waals surface area contributed by atoms with Crippen molar-refractivity contribution in [1.29, 1.82) is 0 Å². The van der Waals surface area contributed by atoms with Gasteiger partial charge in [-0.15, -0.1) is 11.8 Å². The first-order valence-electron chi connectivity index (χ1n) is 9.04. The zero-order valence-electron chi connectivity index (χ0n) is 15.6. The lowest BCUT2D eigenvalue weighted by atomic mass is 10.1. The van der Waals surface area contributed by atoms with E-state index in [1.807, 2.05) is 30.8 Å². The molecule has 0 aliphatic heterocycles. The van der Waals surface area contributed by atoms with E-state index in [0.717, 1.165) is 10.2 Å². The number of thioether (sulfide) groups is 1. The normalized spacial score (nSPS) is 12.3. The van der Waals surface area contributed by atoms with Crippen LogP contribution in [0.3, 0.4) is 0 Å². The van der Waals surface area contributed by atoms with E-state index in [-0.39, 0.29) is 5.25 Å². The van der Waals surface area contributed by atoms with E-state index < -0.39 is 0 Å². The van der Waals surface area contributed by atoms with Gasteiger partial charge in [0.1, 0.15) is 5.75 Å². The highest BCUT2D eigenvalue weighted by Gasteiger charge is 2.10. The van der Waals surface area contributed by atoms with Crippen molar-refractivity contribution in [2.75, 3.05) is 6.61 Å². The number of aryl methyl sites for hydroxylation is 1. The van der Waals surface area contributed by atoms with Gasteiger partial charge in [-0.3, -0.25) is 0 Å². The molecule has 0 radical (unpaired) electrons. The third-order valence-electron chi connectivity index (χ3n) is 4.14. The Morgan fingerprint density at radius 2 is 1.59 bits per heavy atom. The van der Waals surface area contributed by atoms with Crippen molar-refractivity contribution in [3.8, 4) is 5.75 Å². The minimum atomic E-state index is 0.243. The Balaban J connectivity index is 1.82. The Hall–Kier alpha value is -1.97. The van der Waals surface area contributed by atoms with E-state index in [4.69, 9.17) is 4.74 Å². The topological polar surface area (TPSA) is 9.23 Å². The van der Waals surface area contributed by atoms with Crippen molar-refractivity contribution in [2.45, 2.75) is 24.0 Å².